The van der Waals surface area contributed by atoms with E-state index in [9.17, 15) is 0 Å². The summed E-state index contributed by atoms with van der Waals surface area (Å²) >= 11 is 11.5. The van der Waals surface area contributed by atoms with Crippen molar-refractivity contribution in [2.24, 2.45) is 5.92 Å². The van der Waals surface area contributed by atoms with E-state index in [-0.39, 0.29) is 0 Å². The van der Waals surface area contributed by atoms with Gasteiger partial charge in [-0.25, -0.2) is 0 Å². The average molecular weight is 312 g/mol. The van der Waals surface area contributed by atoms with E-state index in [4.69, 9.17) is 23.8 Å². The molecule has 1 aromatic carbocycles. The van der Waals surface area contributed by atoms with Crippen molar-refractivity contribution in [2.45, 2.75) is 19.8 Å². The Balaban J connectivity index is 1.80. The second-order valence-electron chi connectivity index (χ2n) is 5.59. The van der Waals surface area contributed by atoms with E-state index >= 15 is 0 Å². The first kappa shape index (κ1) is 15.5. The molecule has 2 N–H and O–H groups in total. The van der Waals surface area contributed by atoms with Crippen molar-refractivity contribution in [3.8, 4) is 0 Å². The fourth-order valence-corrected chi connectivity index (χ4v) is 3.04. The lowest BCUT2D eigenvalue weighted by atomic mass is 9.99. The number of anilines is 1. The van der Waals surface area contributed by atoms with Gasteiger partial charge in [-0.3, -0.25) is 0 Å². The van der Waals surface area contributed by atoms with Crippen molar-refractivity contribution in [3.05, 3.63) is 28.8 Å². The Morgan fingerprint density at radius 3 is 3.00 bits per heavy atom. The standard InChI is InChI=1S/C15H22ClN3S/c1-11-5-6-14(13(16)8-11)18-15(20)17-9-12-4-3-7-19(2)10-12/h5-6,8,12H,3-4,7,9-10H2,1-2H3,(H2,17,18,20)/t12-/m1/s1. The third kappa shape index (κ3) is 4.62. The smallest absolute Gasteiger partial charge is 0.170 e. The van der Waals surface area contributed by atoms with Gasteiger partial charge >= 0.3 is 0 Å². The van der Waals surface area contributed by atoms with Gasteiger partial charge in [0.25, 0.3) is 0 Å². The lowest BCUT2D eigenvalue weighted by molar-refractivity contribution is 0.211. The second kappa shape index (κ2) is 7.25. The van der Waals surface area contributed by atoms with Gasteiger partial charge in [0.05, 0.1) is 10.7 Å². The number of piperidine rings is 1. The second-order valence-corrected chi connectivity index (χ2v) is 6.40. The fourth-order valence-electron chi connectivity index (χ4n) is 2.56. The normalized spacial score (nSPS) is 19.6. The zero-order chi connectivity index (χ0) is 14.5. The number of aryl methyl sites for hydroxylation is 1. The third-order valence-electron chi connectivity index (χ3n) is 3.65. The van der Waals surface area contributed by atoms with E-state index < -0.39 is 0 Å². The molecule has 3 nitrogen and oxygen atoms in total. The highest BCUT2D eigenvalue weighted by atomic mass is 35.5. The summed E-state index contributed by atoms with van der Waals surface area (Å²) in [7, 11) is 2.18. The van der Waals surface area contributed by atoms with Crippen LogP contribution in [-0.2, 0) is 0 Å². The van der Waals surface area contributed by atoms with Gasteiger partial charge in [0, 0.05) is 13.1 Å². The Morgan fingerprint density at radius 1 is 1.50 bits per heavy atom. The first-order chi connectivity index (χ1) is 9.54. The maximum atomic E-state index is 6.18. The summed E-state index contributed by atoms with van der Waals surface area (Å²) in [6.07, 6.45) is 2.54. The van der Waals surface area contributed by atoms with E-state index in [1.165, 1.54) is 19.4 Å². The zero-order valence-electron chi connectivity index (χ0n) is 12.1. The minimum absolute atomic E-state index is 0.643. The van der Waals surface area contributed by atoms with Crippen LogP contribution in [0.2, 0.25) is 5.02 Å². The predicted molar refractivity (Wildman–Crippen MR) is 90.6 cm³/mol. The quantitative estimate of drug-likeness (QED) is 0.838. The first-order valence-electron chi connectivity index (χ1n) is 7.04. The van der Waals surface area contributed by atoms with Gasteiger partial charge < -0.3 is 15.5 Å². The highest BCUT2D eigenvalue weighted by Gasteiger charge is 2.17. The fraction of sp³-hybridized carbons (Fsp3) is 0.533. The molecule has 0 amide bonds. The van der Waals surface area contributed by atoms with Gasteiger partial charge in [-0.05, 0) is 69.2 Å². The molecule has 1 atom stereocenters. The summed E-state index contributed by atoms with van der Waals surface area (Å²) in [6, 6.07) is 5.91. The van der Waals surface area contributed by atoms with Crippen LogP contribution in [0.4, 0.5) is 5.69 Å². The van der Waals surface area contributed by atoms with Crippen molar-refractivity contribution in [2.75, 3.05) is 32.0 Å². The van der Waals surface area contributed by atoms with Crippen LogP contribution in [0.3, 0.4) is 0 Å². The molecular formula is C15H22ClN3S. The molecule has 1 saturated heterocycles. The molecule has 0 radical (unpaired) electrons. The number of nitrogens with zero attached hydrogens (tertiary/aromatic N) is 1. The Labute approximate surface area is 131 Å². The minimum Gasteiger partial charge on any atom is -0.362 e. The number of benzene rings is 1. The van der Waals surface area contributed by atoms with Crippen molar-refractivity contribution < 1.29 is 0 Å². The van der Waals surface area contributed by atoms with Crippen LogP contribution < -0.4 is 10.6 Å². The van der Waals surface area contributed by atoms with E-state index in [0.29, 0.717) is 16.1 Å². The molecule has 0 aliphatic carbocycles. The van der Waals surface area contributed by atoms with E-state index in [1.54, 1.807) is 0 Å². The molecular weight excluding hydrogens is 290 g/mol. The van der Waals surface area contributed by atoms with Crippen LogP contribution in [0.5, 0.6) is 0 Å². The topological polar surface area (TPSA) is 27.3 Å². The van der Waals surface area contributed by atoms with Gasteiger partial charge in [0.2, 0.25) is 0 Å². The molecule has 1 fully saturated rings. The Hall–Kier alpha value is -0.840. The number of rotatable bonds is 3. The van der Waals surface area contributed by atoms with E-state index in [0.717, 1.165) is 24.3 Å². The summed E-state index contributed by atoms with van der Waals surface area (Å²) in [5.74, 6) is 0.669. The minimum atomic E-state index is 0.643. The third-order valence-corrected chi connectivity index (χ3v) is 4.21. The number of thiocarbonyl (C=S) groups is 1. The maximum absolute atomic E-state index is 6.18. The van der Waals surface area contributed by atoms with Gasteiger partial charge in [-0.2, -0.15) is 0 Å². The van der Waals surface area contributed by atoms with Crippen molar-refractivity contribution in [3.63, 3.8) is 0 Å². The Kier molecular flexibility index (Phi) is 5.64. The summed E-state index contributed by atoms with van der Waals surface area (Å²) in [5.41, 5.74) is 2.00. The van der Waals surface area contributed by atoms with Gasteiger partial charge in [-0.15, -0.1) is 0 Å². The van der Waals surface area contributed by atoms with Gasteiger partial charge in [0.15, 0.2) is 5.11 Å². The lowest BCUT2D eigenvalue weighted by Gasteiger charge is -2.30. The van der Waals surface area contributed by atoms with Gasteiger partial charge in [0.1, 0.15) is 0 Å². The highest BCUT2D eigenvalue weighted by Crippen LogP contribution is 2.22. The van der Waals surface area contributed by atoms with Gasteiger partial charge in [-0.1, -0.05) is 17.7 Å². The predicted octanol–water partition coefficient (Wildman–Crippen LogP) is 3.28. The summed E-state index contributed by atoms with van der Waals surface area (Å²) in [4.78, 5) is 2.38. The number of hydrogen-bond donors (Lipinski definition) is 2. The lowest BCUT2D eigenvalue weighted by Crippen LogP contribution is -2.40. The average Bonchev–Trinajstić information content (AvgIpc) is 2.40. The van der Waals surface area contributed by atoms with Crippen LogP contribution in [0, 0.1) is 12.8 Å². The van der Waals surface area contributed by atoms with Crippen LogP contribution in [-0.4, -0.2) is 36.7 Å². The molecule has 1 aliphatic rings. The summed E-state index contributed by atoms with van der Waals surface area (Å²) in [5, 5.41) is 7.80. The molecule has 0 aromatic heterocycles. The highest BCUT2D eigenvalue weighted by molar-refractivity contribution is 7.80. The molecule has 2 rings (SSSR count). The van der Waals surface area contributed by atoms with Crippen molar-refractivity contribution >= 4 is 34.6 Å². The number of hydrogen-bond acceptors (Lipinski definition) is 2. The molecule has 110 valence electrons. The van der Waals surface area contributed by atoms with E-state index in [1.807, 2.05) is 25.1 Å². The molecule has 0 saturated carbocycles. The Morgan fingerprint density at radius 2 is 2.30 bits per heavy atom. The SMILES string of the molecule is Cc1ccc(NC(=S)NC[C@H]2CCCN(C)C2)c(Cl)c1. The van der Waals surface area contributed by atoms with Crippen LogP contribution in [0.25, 0.3) is 0 Å². The first-order valence-corrected chi connectivity index (χ1v) is 7.83. The molecule has 1 heterocycles. The number of likely N-dealkylation sites (tertiary alicyclic amines) is 1. The largest absolute Gasteiger partial charge is 0.362 e. The monoisotopic (exact) mass is 311 g/mol. The van der Waals surface area contributed by atoms with Crippen molar-refractivity contribution in [1.29, 1.82) is 0 Å². The molecule has 1 aliphatic heterocycles. The van der Waals surface area contributed by atoms with Crippen LogP contribution in [0.15, 0.2) is 18.2 Å². The number of nitrogens with one attached hydrogen (secondary N) is 2. The molecule has 0 spiro atoms. The van der Waals surface area contributed by atoms with Crippen molar-refractivity contribution in [1.82, 2.24) is 10.2 Å². The molecule has 1 aromatic rings. The van der Waals surface area contributed by atoms with Crippen LogP contribution in [0.1, 0.15) is 18.4 Å². The molecule has 20 heavy (non-hydrogen) atoms. The van der Waals surface area contributed by atoms with E-state index in [2.05, 4.69) is 22.6 Å². The Bertz CT molecular complexity index is 478. The van der Waals surface area contributed by atoms with Crippen LogP contribution >= 0.6 is 23.8 Å². The summed E-state index contributed by atoms with van der Waals surface area (Å²) < 4.78 is 0. The summed E-state index contributed by atoms with van der Waals surface area (Å²) in [6.45, 7) is 5.28. The molecule has 5 heteroatoms. The maximum Gasteiger partial charge on any atom is 0.170 e. The molecule has 0 bridgehead atoms. The molecule has 0 unspecified atom stereocenters. The zero-order valence-corrected chi connectivity index (χ0v) is 13.7. The number of halogens is 1.